The van der Waals surface area contributed by atoms with Gasteiger partial charge in [-0.3, -0.25) is 9.69 Å². The fourth-order valence-corrected chi connectivity index (χ4v) is 1.57. The van der Waals surface area contributed by atoms with Crippen molar-refractivity contribution in [2.75, 3.05) is 46.1 Å². The van der Waals surface area contributed by atoms with E-state index in [2.05, 4.69) is 4.90 Å². The van der Waals surface area contributed by atoms with E-state index in [1.807, 2.05) is 13.8 Å². The number of rotatable bonds is 11. The average molecular weight is 261 g/mol. The zero-order valence-corrected chi connectivity index (χ0v) is 12.1. The van der Waals surface area contributed by atoms with Gasteiger partial charge < -0.3 is 14.6 Å². The molecule has 0 bridgehead atoms. The van der Waals surface area contributed by atoms with Crippen LogP contribution in [0.4, 0.5) is 0 Å². The fraction of sp³-hybridized carbons (Fsp3) is 0.923. The molecule has 0 amide bonds. The van der Waals surface area contributed by atoms with E-state index >= 15 is 0 Å². The number of hydrogen-bond donors (Lipinski definition) is 1. The number of ether oxygens (including phenoxy) is 2. The molecule has 0 atom stereocenters. The number of carboxylic acids is 1. The summed E-state index contributed by atoms with van der Waals surface area (Å²) in [5.41, 5.74) is -0.752. The first-order valence-corrected chi connectivity index (χ1v) is 6.55. The van der Waals surface area contributed by atoms with E-state index in [9.17, 15) is 4.79 Å². The molecule has 0 aliphatic rings. The first-order valence-electron chi connectivity index (χ1n) is 6.55. The summed E-state index contributed by atoms with van der Waals surface area (Å²) >= 11 is 0. The summed E-state index contributed by atoms with van der Waals surface area (Å²) < 4.78 is 10.6. The number of nitrogens with zero attached hydrogens (tertiary/aromatic N) is 1. The highest BCUT2D eigenvalue weighted by molar-refractivity contribution is 5.73. The van der Waals surface area contributed by atoms with Crippen LogP contribution >= 0.6 is 0 Å². The Morgan fingerprint density at radius 3 is 1.89 bits per heavy atom. The van der Waals surface area contributed by atoms with E-state index in [4.69, 9.17) is 14.6 Å². The van der Waals surface area contributed by atoms with Crippen LogP contribution in [0.1, 0.15) is 27.7 Å². The standard InChI is InChI=1S/C13H27NO4/c1-5-17-9-7-14(8-10-18-6-2)11-13(3,4)12(15)16/h5-11H2,1-4H3,(H,15,16). The van der Waals surface area contributed by atoms with Crippen LogP contribution in [-0.4, -0.2) is 62.0 Å². The molecule has 0 saturated carbocycles. The third-order valence-electron chi connectivity index (χ3n) is 2.71. The Labute approximate surface area is 110 Å². The third kappa shape index (κ3) is 7.63. The molecule has 0 radical (unpaired) electrons. The zero-order valence-electron chi connectivity index (χ0n) is 12.1. The summed E-state index contributed by atoms with van der Waals surface area (Å²) in [4.78, 5) is 13.2. The fourth-order valence-electron chi connectivity index (χ4n) is 1.57. The van der Waals surface area contributed by atoms with Crippen LogP contribution < -0.4 is 0 Å². The Hall–Kier alpha value is -0.650. The Kier molecular flexibility index (Phi) is 8.97. The van der Waals surface area contributed by atoms with Gasteiger partial charge in [-0.15, -0.1) is 0 Å². The van der Waals surface area contributed by atoms with Crippen LogP contribution in [0.25, 0.3) is 0 Å². The molecule has 0 rings (SSSR count). The van der Waals surface area contributed by atoms with Crippen LogP contribution in [0.2, 0.25) is 0 Å². The van der Waals surface area contributed by atoms with Crippen molar-refractivity contribution in [2.24, 2.45) is 5.41 Å². The maximum absolute atomic E-state index is 11.1. The lowest BCUT2D eigenvalue weighted by Crippen LogP contribution is -2.42. The van der Waals surface area contributed by atoms with Crippen LogP contribution in [0, 0.1) is 5.41 Å². The monoisotopic (exact) mass is 261 g/mol. The topological polar surface area (TPSA) is 59.0 Å². The molecule has 0 aliphatic heterocycles. The van der Waals surface area contributed by atoms with Gasteiger partial charge in [0.25, 0.3) is 0 Å². The van der Waals surface area contributed by atoms with Gasteiger partial charge in [-0.1, -0.05) is 0 Å². The lowest BCUT2D eigenvalue weighted by atomic mass is 9.93. The molecule has 0 aliphatic carbocycles. The molecule has 0 aromatic heterocycles. The molecular formula is C13H27NO4. The van der Waals surface area contributed by atoms with E-state index in [0.717, 1.165) is 13.1 Å². The molecule has 0 fully saturated rings. The number of aliphatic carboxylic acids is 1. The van der Waals surface area contributed by atoms with Crippen molar-refractivity contribution >= 4 is 5.97 Å². The second-order valence-electron chi connectivity index (χ2n) is 4.86. The molecule has 0 aromatic carbocycles. The van der Waals surface area contributed by atoms with E-state index in [1.54, 1.807) is 13.8 Å². The molecule has 0 saturated heterocycles. The molecule has 0 heterocycles. The highest BCUT2D eigenvalue weighted by Crippen LogP contribution is 2.17. The number of carboxylic acid groups (broad SMARTS) is 1. The van der Waals surface area contributed by atoms with E-state index < -0.39 is 11.4 Å². The van der Waals surface area contributed by atoms with Crippen LogP contribution in [0.5, 0.6) is 0 Å². The molecule has 5 nitrogen and oxygen atoms in total. The second-order valence-corrected chi connectivity index (χ2v) is 4.86. The van der Waals surface area contributed by atoms with Crippen molar-refractivity contribution in [3.8, 4) is 0 Å². The lowest BCUT2D eigenvalue weighted by molar-refractivity contribution is -0.148. The Bertz CT molecular complexity index is 221. The molecule has 18 heavy (non-hydrogen) atoms. The van der Waals surface area contributed by atoms with Gasteiger partial charge in [-0.2, -0.15) is 0 Å². The van der Waals surface area contributed by atoms with Gasteiger partial charge in [0.15, 0.2) is 0 Å². The van der Waals surface area contributed by atoms with Gasteiger partial charge in [0.05, 0.1) is 18.6 Å². The minimum atomic E-state index is -0.777. The average Bonchev–Trinajstić information content (AvgIpc) is 2.28. The van der Waals surface area contributed by atoms with Crippen LogP contribution in [0.3, 0.4) is 0 Å². The SMILES string of the molecule is CCOCCN(CCOCC)CC(C)(C)C(=O)O. The lowest BCUT2D eigenvalue weighted by Gasteiger charge is -2.29. The Morgan fingerprint density at radius 2 is 1.56 bits per heavy atom. The van der Waals surface area contributed by atoms with Gasteiger partial charge in [0.2, 0.25) is 0 Å². The van der Waals surface area contributed by atoms with Gasteiger partial charge in [-0.25, -0.2) is 0 Å². The minimum absolute atomic E-state index is 0.502. The molecule has 0 aromatic rings. The van der Waals surface area contributed by atoms with Gasteiger partial charge in [-0.05, 0) is 27.7 Å². The summed E-state index contributed by atoms with van der Waals surface area (Å²) in [6.45, 7) is 12.0. The summed E-state index contributed by atoms with van der Waals surface area (Å²) in [5, 5.41) is 9.14. The predicted molar refractivity (Wildman–Crippen MR) is 70.8 cm³/mol. The Morgan fingerprint density at radius 1 is 1.11 bits per heavy atom. The van der Waals surface area contributed by atoms with Crippen LogP contribution in [-0.2, 0) is 14.3 Å². The van der Waals surface area contributed by atoms with Crippen molar-refractivity contribution in [3.63, 3.8) is 0 Å². The third-order valence-corrected chi connectivity index (χ3v) is 2.71. The normalized spacial score (nSPS) is 12.1. The quantitative estimate of drug-likeness (QED) is 0.571. The number of hydrogen-bond acceptors (Lipinski definition) is 4. The Balaban J connectivity index is 4.22. The van der Waals surface area contributed by atoms with Crippen molar-refractivity contribution in [2.45, 2.75) is 27.7 Å². The van der Waals surface area contributed by atoms with E-state index in [0.29, 0.717) is 33.0 Å². The highest BCUT2D eigenvalue weighted by Gasteiger charge is 2.29. The van der Waals surface area contributed by atoms with Gasteiger partial charge >= 0.3 is 5.97 Å². The molecule has 0 spiro atoms. The maximum Gasteiger partial charge on any atom is 0.310 e. The van der Waals surface area contributed by atoms with Crippen molar-refractivity contribution in [3.05, 3.63) is 0 Å². The first-order chi connectivity index (χ1) is 8.44. The minimum Gasteiger partial charge on any atom is -0.481 e. The second kappa shape index (κ2) is 9.30. The molecule has 108 valence electrons. The zero-order chi connectivity index (χ0) is 14.0. The summed E-state index contributed by atoms with van der Waals surface area (Å²) in [7, 11) is 0. The molecular weight excluding hydrogens is 234 g/mol. The summed E-state index contributed by atoms with van der Waals surface area (Å²) in [6, 6.07) is 0. The molecule has 1 N–H and O–H groups in total. The van der Waals surface area contributed by atoms with Crippen molar-refractivity contribution < 1.29 is 19.4 Å². The van der Waals surface area contributed by atoms with Crippen molar-refractivity contribution in [1.82, 2.24) is 4.90 Å². The summed E-state index contributed by atoms with van der Waals surface area (Å²) in [5.74, 6) is -0.777. The van der Waals surface area contributed by atoms with Gasteiger partial charge in [0, 0.05) is 32.8 Å². The summed E-state index contributed by atoms with van der Waals surface area (Å²) in [6.07, 6.45) is 0. The van der Waals surface area contributed by atoms with Crippen molar-refractivity contribution in [1.29, 1.82) is 0 Å². The number of carbonyl (C=O) groups is 1. The predicted octanol–water partition coefficient (Wildman–Crippen LogP) is 1.47. The molecule has 0 unspecified atom stereocenters. The maximum atomic E-state index is 11.1. The van der Waals surface area contributed by atoms with E-state index in [-0.39, 0.29) is 0 Å². The largest absolute Gasteiger partial charge is 0.481 e. The van der Waals surface area contributed by atoms with Crippen LogP contribution in [0.15, 0.2) is 0 Å². The van der Waals surface area contributed by atoms with Gasteiger partial charge in [0.1, 0.15) is 0 Å². The first kappa shape index (κ1) is 17.4. The van der Waals surface area contributed by atoms with E-state index in [1.165, 1.54) is 0 Å². The smallest absolute Gasteiger partial charge is 0.310 e. The highest BCUT2D eigenvalue weighted by atomic mass is 16.5. The molecule has 5 heteroatoms.